The Hall–Kier alpha value is -1.55. The predicted molar refractivity (Wildman–Crippen MR) is 103 cm³/mol. The van der Waals surface area contributed by atoms with Crippen LogP contribution in [-0.2, 0) is 10.2 Å². The first-order valence-electron chi connectivity index (χ1n) is 9.57. The number of nitrogens with one attached hydrogen (secondary N) is 1. The lowest BCUT2D eigenvalue weighted by molar-refractivity contribution is -0.123. The monoisotopic (exact) mass is 346 g/mol. The average Bonchev–Trinajstić information content (AvgIpc) is 2.58. The molecule has 25 heavy (non-hydrogen) atoms. The molecule has 0 radical (unpaired) electrons. The molecule has 4 nitrogen and oxygen atoms in total. The topological polar surface area (TPSA) is 41.6 Å². The Morgan fingerprint density at radius 2 is 1.92 bits per heavy atom. The van der Waals surface area contributed by atoms with Crippen LogP contribution in [0.3, 0.4) is 0 Å². The van der Waals surface area contributed by atoms with Crippen molar-refractivity contribution in [1.29, 1.82) is 0 Å². The van der Waals surface area contributed by atoms with E-state index in [1.165, 1.54) is 25.9 Å². The highest BCUT2D eigenvalue weighted by molar-refractivity contribution is 5.77. The minimum Gasteiger partial charge on any atom is -0.483 e. The number of amides is 1. The van der Waals surface area contributed by atoms with E-state index in [0.717, 1.165) is 36.7 Å². The Morgan fingerprint density at radius 3 is 2.60 bits per heavy atom. The van der Waals surface area contributed by atoms with Crippen molar-refractivity contribution in [2.45, 2.75) is 52.4 Å². The molecule has 1 amide bonds. The number of carbonyl (C=O) groups excluding carboxylic acids is 1. The summed E-state index contributed by atoms with van der Waals surface area (Å²) in [5, 5.41) is 2.97. The minimum atomic E-state index is -0.0454. The molecule has 0 unspecified atom stereocenters. The zero-order chi connectivity index (χ0) is 18.3. The predicted octanol–water partition coefficient (Wildman–Crippen LogP) is 3.60. The normalized spacial score (nSPS) is 16.6. The van der Waals surface area contributed by atoms with Gasteiger partial charge in [-0.25, -0.2) is 0 Å². The molecule has 1 heterocycles. The first-order valence-corrected chi connectivity index (χ1v) is 9.57. The van der Waals surface area contributed by atoms with Crippen molar-refractivity contribution in [1.82, 2.24) is 10.2 Å². The fourth-order valence-corrected chi connectivity index (χ4v) is 3.22. The number of nitrogens with zero attached hydrogens (tertiary/aromatic N) is 1. The van der Waals surface area contributed by atoms with Crippen molar-refractivity contribution in [2.75, 3.05) is 32.8 Å². The van der Waals surface area contributed by atoms with E-state index in [9.17, 15) is 4.79 Å². The van der Waals surface area contributed by atoms with Crippen molar-refractivity contribution in [3.05, 3.63) is 29.8 Å². The average molecular weight is 347 g/mol. The first kappa shape index (κ1) is 19.8. The maximum atomic E-state index is 12.0. The van der Waals surface area contributed by atoms with Gasteiger partial charge in [0.15, 0.2) is 6.61 Å². The van der Waals surface area contributed by atoms with Gasteiger partial charge in [0, 0.05) is 6.54 Å². The van der Waals surface area contributed by atoms with Crippen molar-refractivity contribution < 1.29 is 9.53 Å². The maximum Gasteiger partial charge on any atom is 0.257 e. The van der Waals surface area contributed by atoms with E-state index in [4.69, 9.17) is 4.74 Å². The SMILES string of the molecule is CC1CCN(CCCNC(=O)COc2ccccc2C(C)(C)C)CC1. The van der Waals surface area contributed by atoms with E-state index in [1.807, 2.05) is 18.2 Å². The largest absolute Gasteiger partial charge is 0.483 e. The van der Waals surface area contributed by atoms with Crippen LogP contribution in [0.2, 0.25) is 0 Å². The summed E-state index contributed by atoms with van der Waals surface area (Å²) in [7, 11) is 0. The van der Waals surface area contributed by atoms with E-state index in [2.05, 4.69) is 44.0 Å². The summed E-state index contributed by atoms with van der Waals surface area (Å²) < 4.78 is 5.76. The minimum absolute atomic E-state index is 0.000983. The number of carbonyl (C=O) groups is 1. The highest BCUT2D eigenvalue weighted by atomic mass is 16.5. The van der Waals surface area contributed by atoms with Gasteiger partial charge in [-0.3, -0.25) is 4.79 Å². The highest BCUT2D eigenvalue weighted by Gasteiger charge is 2.19. The van der Waals surface area contributed by atoms with Crippen LogP contribution in [-0.4, -0.2) is 43.6 Å². The molecule has 1 aliphatic heterocycles. The van der Waals surface area contributed by atoms with Crippen LogP contribution >= 0.6 is 0 Å². The molecule has 1 fully saturated rings. The molecule has 0 spiro atoms. The molecule has 0 aliphatic carbocycles. The van der Waals surface area contributed by atoms with Crippen LogP contribution in [0.15, 0.2) is 24.3 Å². The molecule has 0 atom stereocenters. The van der Waals surface area contributed by atoms with Crippen LogP contribution in [0, 0.1) is 5.92 Å². The molecule has 1 saturated heterocycles. The second-order valence-corrected chi connectivity index (χ2v) is 8.26. The number of para-hydroxylation sites is 1. The summed E-state index contributed by atoms with van der Waals surface area (Å²) in [6.07, 6.45) is 3.60. The molecule has 4 heteroatoms. The van der Waals surface area contributed by atoms with Gasteiger partial charge in [-0.1, -0.05) is 45.9 Å². The van der Waals surface area contributed by atoms with Gasteiger partial charge < -0.3 is 15.0 Å². The lowest BCUT2D eigenvalue weighted by atomic mass is 9.86. The van der Waals surface area contributed by atoms with Crippen molar-refractivity contribution in [3.8, 4) is 5.75 Å². The maximum absolute atomic E-state index is 12.0. The molecule has 2 rings (SSSR count). The van der Waals surface area contributed by atoms with Gasteiger partial charge in [0.2, 0.25) is 0 Å². The van der Waals surface area contributed by atoms with Gasteiger partial charge in [0.1, 0.15) is 5.75 Å². The number of benzene rings is 1. The molecule has 1 aromatic carbocycles. The number of ether oxygens (including phenoxy) is 1. The van der Waals surface area contributed by atoms with Gasteiger partial charge >= 0.3 is 0 Å². The number of rotatable bonds is 7. The third kappa shape index (κ3) is 6.69. The van der Waals surface area contributed by atoms with E-state index >= 15 is 0 Å². The summed E-state index contributed by atoms with van der Waals surface area (Å²) >= 11 is 0. The molecule has 1 aliphatic rings. The van der Waals surface area contributed by atoms with Crippen LogP contribution < -0.4 is 10.1 Å². The summed E-state index contributed by atoms with van der Waals surface area (Å²) in [6, 6.07) is 7.95. The molecule has 1 N–H and O–H groups in total. The number of hydrogen-bond acceptors (Lipinski definition) is 3. The molecule has 0 saturated carbocycles. The van der Waals surface area contributed by atoms with Crippen LogP contribution in [0.1, 0.15) is 52.5 Å². The lowest BCUT2D eigenvalue weighted by Gasteiger charge is -2.30. The Labute approximate surface area is 152 Å². The highest BCUT2D eigenvalue weighted by Crippen LogP contribution is 2.30. The van der Waals surface area contributed by atoms with E-state index < -0.39 is 0 Å². The molecule has 0 aromatic heterocycles. The van der Waals surface area contributed by atoms with Crippen molar-refractivity contribution in [2.24, 2.45) is 5.92 Å². The second kappa shape index (κ2) is 9.23. The van der Waals surface area contributed by atoms with Crippen molar-refractivity contribution >= 4 is 5.91 Å². The van der Waals surface area contributed by atoms with Crippen LogP contribution in [0.25, 0.3) is 0 Å². The first-order chi connectivity index (χ1) is 11.9. The summed E-state index contributed by atoms with van der Waals surface area (Å²) in [5.41, 5.74) is 1.13. The van der Waals surface area contributed by atoms with E-state index in [0.29, 0.717) is 0 Å². The molecular weight excluding hydrogens is 312 g/mol. The second-order valence-electron chi connectivity index (χ2n) is 8.26. The molecule has 140 valence electrons. The Kier molecular flexibility index (Phi) is 7.30. The Morgan fingerprint density at radius 1 is 1.24 bits per heavy atom. The Balaban J connectivity index is 1.66. The van der Waals surface area contributed by atoms with E-state index in [1.54, 1.807) is 0 Å². The van der Waals surface area contributed by atoms with Crippen LogP contribution in [0.5, 0.6) is 5.75 Å². The standard InChI is InChI=1S/C21H34N2O2/c1-17-10-14-23(15-11-17)13-7-12-22-20(24)16-25-19-9-6-5-8-18(19)21(2,3)4/h5-6,8-9,17H,7,10-16H2,1-4H3,(H,22,24). The molecule has 0 bridgehead atoms. The quantitative estimate of drug-likeness (QED) is 0.767. The van der Waals surface area contributed by atoms with Gasteiger partial charge in [-0.15, -0.1) is 0 Å². The summed E-state index contributed by atoms with van der Waals surface area (Å²) in [5.74, 6) is 1.62. The lowest BCUT2D eigenvalue weighted by Crippen LogP contribution is -2.36. The number of piperidine rings is 1. The summed E-state index contributed by atoms with van der Waals surface area (Å²) in [6.45, 7) is 13.0. The van der Waals surface area contributed by atoms with E-state index in [-0.39, 0.29) is 17.9 Å². The fourth-order valence-electron chi connectivity index (χ4n) is 3.22. The molecular formula is C21H34N2O2. The Bertz CT molecular complexity index is 543. The van der Waals surface area contributed by atoms with Crippen molar-refractivity contribution in [3.63, 3.8) is 0 Å². The van der Waals surface area contributed by atoms with Gasteiger partial charge in [0.05, 0.1) is 0 Å². The molecule has 1 aromatic rings. The zero-order valence-electron chi connectivity index (χ0n) is 16.3. The smallest absolute Gasteiger partial charge is 0.257 e. The summed E-state index contributed by atoms with van der Waals surface area (Å²) in [4.78, 5) is 14.5. The van der Waals surface area contributed by atoms with Gasteiger partial charge in [-0.05, 0) is 61.9 Å². The van der Waals surface area contributed by atoms with Gasteiger partial charge in [0.25, 0.3) is 5.91 Å². The number of hydrogen-bond donors (Lipinski definition) is 1. The zero-order valence-corrected chi connectivity index (χ0v) is 16.3. The third-order valence-electron chi connectivity index (χ3n) is 4.90. The number of likely N-dealkylation sites (tertiary alicyclic amines) is 1. The van der Waals surface area contributed by atoms with Crippen LogP contribution in [0.4, 0.5) is 0 Å². The third-order valence-corrected chi connectivity index (χ3v) is 4.90. The van der Waals surface area contributed by atoms with Gasteiger partial charge in [-0.2, -0.15) is 0 Å². The fraction of sp³-hybridized carbons (Fsp3) is 0.667.